The zero-order chi connectivity index (χ0) is 39.6. The van der Waals surface area contributed by atoms with E-state index in [0.29, 0.717) is 36.3 Å². The van der Waals surface area contributed by atoms with Gasteiger partial charge in [0.05, 0.1) is 25.5 Å². The summed E-state index contributed by atoms with van der Waals surface area (Å²) in [6, 6.07) is 5.61. The summed E-state index contributed by atoms with van der Waals surface area (Å²) in [5.41, 5.74) is 8.01. The highest BCUT2D eigenvalue weighted by Crippen LogP contribution is 2.66. The van der Waals surface area contributed by atoms with E-state index < -0.39 is 0 Å². The Kier molecular flexibility index (Phi) is 16.6. The largest absolute Gasteiger partial charge is 0.144 e. The van der Waals surface area contributed by atoms with E-state index in [1.54, 1.807) is 22.3 Å². The predicted octanol–water partition coefficient (Wildman–Crippen LogP) is 16.7. The van der Waals surface area contributed by atoms with Crippen molar-refractivity contribution in [2.75, 3.05) is 69.0 Å². The van der Waals surface area contributed by atoms with Crippen molar-refractivity contribution in [3.63, 3.8) is 0 Å². The summed E-state index contributed by atoms with van der Waals surface area (Å²) in [6.45, 7) is 4.76. The summed E-state index contributed by atoms with van der Waals surface area (Å²) in [5.74, 6) is 16.6. The molecule has 12 heteroatoms. The number of aryl methyl sites for hydroxylation is 2. The molecule has 58 heavy (non-hydrogen) atoms. The third-order valence-corrected chi connectivity index (χ3v) is 38.0. The summed E-state index contributed by atoms with van der Waals surface area (Å²) in [4.78, 5) is 0. The second-order valence-electron chi connectivity index (χ2n) is 19.1. The molecule has 2 saturated carbocycles. The Morgan fingerprint density at radius 1 is 0.397 bits per heavy atom. The van der Waals surface area contributed by atoms with Gasteiger partial charge >= 0.3 is 0 Å². The third kappa shape index (κ3) is 10.7. The van der Waals surface area contributed by atoms with E-state index in [4.69, 9.17) is 0 Å². The quantitative estimate of drug-likeness (QED) is 0.205. The second kappa shape index (κ2) is 20.7. The zero-order valence-electron chi connectivity index (χ0n) is 35.4. The summed E-state index contributed by atoms with van der Waals surface area (Å²) < 4.78 is 3.21. The van der Waals surface area contributed by atoms with Gasteiger partial charge in [0.25, 0.3) is 0 Å². The fourth-order valence-corrected chi connectivity index (χ4v) is 33.5. The summed E-state index contributed by atoms with van der Waals surface area (Å²) in [6.07, 6.45) is 25.3. The molecular weight excluding hydrogens is 937 g/mol. The molecule has 9 rings (SSSR count). The van der Waals surface area contributed by atoms with Crippen molar-refractivity contribution in [2.24, 2.45) is 10.8 Å². The molecule has 2 aliphatic carbocycles. The minimum Gasteiger partial charge on any atom is -0.144 e. The lowest BCUT2D eigenvalue weighted by molar-refractivity contribution is 0.460. The predicted molar refractivity (Wildman–Crippen MR) is 290 cm³/mol. The van der Waals surface area contributed by atoms with E-state index in [0.717, 1.165) is 0 Å². The normalized spacial score (nSPS) is 29.1. The fraction of sp³-hybridized carbons (Fsp3) is 0.870. The van der Waals surface area contributed by atoms with E-state index in [1.807, 2.05) is 0 Å². The molecule has 0 bridgehead atoms. The van der Waals surface area contributed by atoms with Gasteiger partial charge in [-0.2, -0.15) is 0 Å². The molecule has 0 N–H and O–H groups in total. The van der Waals surface area contributed by atoms with Gasteiger partial charge < -0.3 is 0 Å². The molecule has 6 heterocycles. The Labute approximate surface area is 405 Å². The Hall–Kier alpha value is 3.42. The Morgan fingerprint density at radius 3 is 1.02 bits per heavy atom. The van der Waals surface area contributed by atoms with Gasteiger partial charge in [-0.1, -0.05) is 90.2 Å². The van der Waals surface area contributed by atoms with Crippen LogP contribution in [0.25, 0.3) is 0 Å². The molecule has 6 saturated heterocycles. The van der Waals surface area contributed by atoms with Crippen LogP contribution < -0.4 is 0 Å². The lowest BCUT2D eigenvalue weighted by Crippen LogP contribution is -2.48. The number of hydrogen-bond acceptors (Lipinski definition) is 12. The van der Waals surface area contributed by atoms with Crippen LogP contribution in [-0.2, 0) is 12.8 Å². The lowest BCUT2D eigenvalue weighted by atomic mass is 9.93. The first-order valence-corrected chi connectivity index (χ1v) is 35.1. The highest BCUT2D eigenvalue weighted by molar-refractivity contribution is 8.26. The molecule has 326 valence electrons. The van der Waals surface area contributed by atoms with Crippen LogP contribution in [0, 0.1) is 10.8 Å². The maximum absolute atomic E-state index is 2.81. The summed E-state index contributed by atoms with van der Waals surface area (Å²) in [7, 11) is 0. The van der Waals surface area contributed by atoms with Gasteiger partial charge in [-0.25, -0.2) is 0 Å². The number of thioether (sulfide) groups is 12. The van der Waals surface area contributed by atoms with Crippen LogP contribution in [0.4, 0.5) is 0 Å². The molecule has 0 atom stereocenters. The van der Waals surface area contributed by atoms with Crippen molar-refractivity contribution < 1.29 is 0 Å². The zero-order valence-corrected chi connectivity index (χ0v) is 45.2. The van der Waals surface area contributed by atoms with E-state index >= 15 is 0 Å². The molecule has 8 fully saturated rings. The van der Waals surface area contributed by atoms with E-state index in [9.17, 15) is 0 Å². The molecule has 6 aliphatic heterocycles. The van der Waals surface area contributed by atoms with E-state index in [1.165, 1.54) is 185 Å². The van der Waals surface area contributed by atoms with Crippen LogP contribution in [0.15, 0.2) is 12.1 Å². The number of hydrogen-bond donors (Lipinski definition) is 0. The molecule has 0 amide bonds. The van der Waals surface area contributed by atoms with Gasteiger partial charge in [0.1, 0.15) is 0 Å². The smallest absolute Gasteiger partial charge is 0.0792 e. The molecule has 8 aliphatic rings. The number of benzene rings is 1. The summed E-state index contributed by atoms with van der Waals surface area (Å²) in [5, 5.41) is 0. The molecule has 0 aromatic heterocycles. The number of unbranched alkanes of at least 4 members (excludes halogenated alkanes) is 4. The van der Waals surface area contributed by atoms with Crippen LogP contribution in [0.3, 0.4) is 0 Å². The lowest BCUT2D eigenvalue weighted by Gasteiger charge is -2.52. The van der Waals surface area contributed by atoms with Crippen molar-refractivity contribution in [1.29, 1.82) is 0 Å². The van der Waals surface area contributed by atoms with Gasteiger partial charge in [-0.05, 0) is 73.6 Å². The van der Waals surface area contributed by atoms with Crippen molar-refractivity contribution >= 4 is 141 Å². The van der Waals surface area contributed by atoms with Crippen LogP contribution in [0.5, 0.6) is 0 Å². The van der Waals surface area contributed by atoms with Crippen molar-refractivity contribution in [3.8, 4) is 0 Å². The second-order valence-corrected chi connectivity index (χ2v) is 36.0. The van der Waals surface area contributed by atoms with E-state index in [2.05, 4.69) is 167 Å². The van der Waals surface area contributed by atoms with Crippen LogP contribution in [0.1, 0.15) is 148 Å². The molecule has 0 radical (unpaired) electrons. The van der Waals surface area contributed by atoms with Gasteiger partial charge in [0.2, 0.25) is 0 Å². The average molecular weight is 1010 g/mol. The first-order valence-electron chi connectivity index (χ1n) is 23.1. The minimum atomic E-state index is 0.422. The van der Waals surface area contributed by atoms with Gasteiger partial charge in [0.15, 0.2) is 0 Å². The first-order chi connectivity index (χ1) is 28.3. The first kappa shape index (κ1) is 46.5. The van der Waals surface area contributed by atoms with Crippen LogP contribution in [-0.4, -0.2) is 85.4 Å². The van der Waals surface area contributed by atoms with Crippen molar-refractivity contribution in [2.45, 2.75) is 155 Å². The molecule has 1 aromatic rings. The summed E-state index contributed by atoms with van der Waals surface area (Å²) >= 11 is 28.4. The molecule has 6 spiro atoms. The van der Waals surface area contributed by atoms with Gasteiger partial charge in [-0.15, -0.1) is 141 Å². The van der Waals surface area contributed by atoms with E-state index in [-0.39, 0.29) is 0 Å². The number of rotatable bonds is 10. The highest BCUT2D eigenvalue weighted by atomic mass is 32.2. The standard InChI is InChI=1S/C46H70S12/c1-3-5-9-15-35-21-38(40-49-33-46(34-50-40)57-29-42(30-58-46)25-53-44(54-26-42)19-13-8-14-20-44)36(16-10-6-4-2)22-37(35)39-47-31-45(32-48-39)55-27-41(28-56-45)23-51-43(52-24-41)17-11-7-12-18-43/h21-22,39-40H,3-20,23-34H2,1-2H3. The highest BCUT2D eigenvalue weighted by Gasteiger charge is 2.53. The Bertz CT molecular complexity index is 1350. The monoisotopic (exact) mass is 1010 g/mol. The minimum absolute atomic E-state index is 0.422. The topological polar surface area (TPSA) is 0 Å². The Balaban J connectivity index is 0.841. The third-order valence-electron chi connectivity index (χ3n) is 14.2. The molecular formula is C46H70S12. The maximum atomic E-state index is 2.81. The maximum Gasteiger partial charge on any atom is 0.0792 e. The average Bonchev–Trinajstić information content (AvgIpc) is 3.27. The fourth-order valence-electron chi connectivity index (χ4n) is 10.1. The SMILES string of the molecule is CCCCCc1cc(C2SCC3(CS2)SCC2(CSC4(CCCCC4)SC2)CS3)c(CCCCC)cc1C1SCC2(CS1)SCC1(CSC3(CCCCC3)SC1)CS2. The van der Waals surface area contributed by atoms with Crippen molar-refractivity contribution in [1.82, 2.24) is 0 Å². The van der Waals surface area contributed by atoms with Gasteiger partial charge in [0, 0.05) is 79.9 Å². The van der Waals surface area contributed by atoms with Crippen LogP contribution in [0.2, 0.25) is 0 Å². The van der Waals surface area contributed by atoms with Gasteiger partial charge in [-0.3, -0.25) is 0 Å². The molecule has 0 nitrogen and oxygen atoms in total. The molecule has 1 aromatic carbocycles. The van der Waals surface area contributed by atoms with Crippen molar-refractivity contribution in [3.05, 3.63) is 34.4 Å². The molecule has 0 unspecified atom stereocenters. The van der Waals surface area contributed by atoms with Crippen LogP contribution >= 0.6 is 141 Å². The Morgan fingerprint density at radius 2 is 0.707 bits per heavy atom.